The summed E-state index contributed by atoms with van der Waals surface area (Å²) in [5.74, 6) is 1.58. The zero-order valence-electron chi connectivity index (χ0n) is 11.3. The molecule has 2 rings (SSSR count). The Labute approximate surface area is 127 Å². The molecule has 2 nitrogen and oxygen atoms in total. The number of benzene rings is 1. The molecule has 1 aromatic heterocycles. The van der Waals surface area contributed by atoms with Crippen LogP contribution in [0.2, 0.25) is 0 Å². The van der Waals surface area contributed by atoms with Crippen LogP contribution < -0.4 is 0 Å². The summed E-state index contributed by atoms with van der Waals surface area (Å²) in [5, 5.41) is 8.92. The van der Waals surface area contributed by atoms with Gasteiger partial charge in [0, 0.05) is 3.57 Å². The second kappa shape index (κ2) is 5.38. The summed E-state index contributed by atoms with van der Waals surface area (Å²) in [7, 11) is 0. The lowest BCUT2D eigenvalue weighted by Gasteiger charge is -2.32. The van der Waals surface area contributed by atoms with Crippen LogP contribution in [0.5, 0.6) is 0 Å². The first-order valence-corrected chi connectivity index (χ1v) is 7.33. The van der Waals surface area contributed by atoms with Gasteiger partial charge in [0.1, 0.15) is 11.8 Å². The van der Waals surface area contributed by atoms with E-state index < -0.39 is 0 Å². The SMILES string of the molecule is CC(C)C(C)(c1ccc(I)cc1)c1ccc(C#N)o1. The Hall–Kier alpha value is -1.28. The molecule has 0 radical (unpaired) electrons. The number of nitrogens with zero attached hydrogens (tertiary/aromatic N) is 1. The van der Waals surface area contributed by atoms with Gasteiger partial charge in [0.05, 0.1) is 5.41 Å². The molecule has 0 saturated heterocycles. The highest BCUT2D eigenvalue weighted by Gasteiger charge is 2.35. The molecule has 0 bridgehead atoms. The lowest BCUT2D eigenvalue weighted by atomic mass is 9.71. The third-order valence-corrected chi connectivity index (χ3v) is 4.55. The summed E-state index contributed by atoms with van der Waals surface area (Å²) < 4.78 is 6.89. The highest BCUT2D eigenvalue weighted by atomic mass is 127. The number of nitriles is 1. The fraction of sp³-hybridized carbons (Fsp3) is 0.312. The molecule has 0 saturated carbocycles. The molecule has 3 heteroatoms. The minimum atomic E-state index is -0.223. The molecule has 0 spiro atoms. The predicted octanol–water partition coefficient (Wildman–Crippen LogP) is 4.72. The van der Waals surface area contributed by atoms with Crippen LogP contribution in [0.25, 0.3) is 0 Å². The third kappa shape index (κ3) is 2.55. The second-order valence-electron chi connectivity index (χ2n) is 5.14. The number of halogens is 1. The molecule has 0 aliphatic heterocycles. The van der Waals surface area contributed by atoms with Crippen molar-refractivity contribution in [3.63, 3.8) is 0 Å². The Bertz CT molecular complexity index is 606. The second-order valence-corrected chi connectivity index (χ2v) is 6.39. The first kappa shape index (κ1) is 14.1. The summed E-state index contributed by atoms with van der Waals surface area (Å²) in [6, 6.07) is 14.2. The zero-order valence-corrected chi connectivity index (χ0v) is 13.4. The van der Waals surface area contributed by atoms with Gasteiger partial charge in [0.2, 0.25) is 5.76 Å². The Morgan fingerprint density at radius 3 is 2.26 bits per heavy atom. The van der Waals surface area contributed by atoms with Crippen molar-refractivity contribution >= 4 is 22.6 Å². The van der Waals surface area contributed by atoms with Gasteiger partial charge in [0.15, 0.2) is 0 Å². The van der Waals surface area contributed by atoms with Crippen molar-refractivity contribution in [2.24, 2.45) is 5.92 Å². The largest absolute Gasteiger partial charge is 0.450 e. The van der Waals surface area contributed by atoms with Gasteiger partial charge in [-0.15, -0.1) is 0 Å². The van der Waals surface area contributed by atoms with Crippen LogP contribution in [0.3, 0.4) is 0 Å². The first-order valence-electron chi connectivity index (χ1n) is 6.25. The molecule has 0 amide bonds. The van der Waals surface area contributed by atoms with E-state index in [1.165, 1.54) is 9.13 Å². The lowest BCUT2D eigenvalue weighted by Crippen LogP contribution is -2.29. The van der Waals surface area contributed by atoms with Crippen molar-refractivity contribution in [2.45, 2.75) is 26.2 Å². The van der Waals surface area contributed by atoms with Crippen molar-refractivity contribution in [1.82, 2.24) is 0 Å². The predicted molar refractivity (Wildman–Crippen MR) is 83.9 cm³/mol. The highest BCUT2D eigenvalue weighted by molar-refractivity contribution is 14.1. The number of furan rings is 1. The lowest BCUT2D eigenvalue weighted by molar-refractivity contribution is 0.323. The van der Waals surface area contributed by atoms with Crippen molar-refractivity contribution in [1.29, 1.82) is 5.26 Å². The quantitative estimate of drug-likeness (QED) is 0.739. The van der Waals surface area contributed by atoms with Crippen LogP contribution in [0.1, 0.15) is 37.9 Å². The summed E-state index contributed by atoms with van der Waals surface area (Å²) in [6.07, 6.45) is 0. The van der Waals surface area contributed by atoms with E-state index in [2.05, 4.69) is 73.7 Å². The van der Waals surface area contributed by atoms with E-state index >= 15 is 0 Å². The molecule has 1 aromatic carbocycles. The molecule has 1 heterocycles. The van der Waals surface area contributed by atoms with Crippen LogP contribution in [-0.2, 0) is 5.41 Å². The van der Waals surface area contributed by atoms with Gasteiger partial charge < -0.3 is 4.42 Å². The van der Waals surface area contributed by atoms with E-state index in [1.54, 1.807) is 6.07 Å². The minimum Gasteiger partial charge on any atom is -0.450 e. The van der Waals surface area contributed by atoms with Crippen molar-refractivity contribution < 1.29 is 4.42 Å². The Kier molecular flexibility index (Phi) is 4.00. The molecular weight excluding hydrogens is 349 g/mol. The molecule has 0 fully saturated rings. The first-order chi connectivity index (χ1) is 8.98. The normalized spacial score (nSPS) is 14.1. The maximum absolute atomic E-state index is 8.92. The maximum atomic E-state index is 8.92. The summed E-state index contributed by atoms with van der Waals surface area (Å²) >= 11 is 2.30. The monoisotopic (exact) mass is 365 g/mol. The summed E-state index contributed by atoms with van der Waals surface area (Å²) in [5.41, 5.74) is 0.987. The van der Waals surface area contributed by atoms with Crippen LogP contribution in [0.4, 0.5) is 0 Å². The minimum absolute atomic E-state index is 0.223. The van der Waals surface area contributed by atoms with Gasteiger partial charge in [-0.25, -0.2) is 0 Å². The van der Waals surface area contributed by atoms with Gasteiger partial charge in [-0.2, -0.15) is 5.26 Å². The van der Waals surface area contributed by atoms with Crippen molar-refractivity contribution in [3.8, 4) is 6.07 Å². The summed E-state index contributed by atoms with van der Waals surface area (Å²) in [6.45, 7) is 6.51. The third-order valence-electron chi connectivity index (χ3n) is 3.83. The Morgan fingerprint density at radius 2 is 1.79 bits per heavy atom. The molecule has 2 aromatic rings. The van der Waals surface area contributed by atoms with E-state index in [4.69, 9.17) is 9.68 Å². The molecule has 1 atom stereocenters. The molecule has 0 aliphatic rings. The number of hydrogen-bond acceptors (Lipinski definition) is 2. The summed E-state index contributed by atoms with van der Waals surface area (Å²) in [4.78, 5) is 0. The average molecular weight is 365 g/mol. The van der Waals surface area contributed by atoms with E-state index in [1.807, 2.05) is 6.07 Å². The molecular formula is C16H16INO. The van der Waals surface area contributed by atoms with E-state index in [0.717, 1.165) is 5.76 Å². The molecule has 0 N–H and O–H groups in total. The van der Waals surface area contributed by atoms with Gasteiger partial charge in [0.25, 0.3) is 0 Å². The highest BCUT2D eigenvalue weighted by Crippen LogP contribution is 2.39. The fourth-order valence-corrected chi connectivity index (χ4v) is 2.59. The maximum Gasteiger partial charge on any atom is 0.203 e. The van der Waals surface area contributed by atoms with Crippen LogP contribution in [0.15, 0.2) is 40.8 Å². The molecule has 19 heavy (non-hydrogen) atoms. The fourth-order valence-electron chi connectivity index (χ4n) is 2.23. The van der Waals surface area contributed by atoms with Gasteiger partial charge in [-0.05, 0) is 65.3 Å². The smallest absolute Gasteiger partial charge is 0.203 e. The van der Waals surface area contributed by atoms with E-state index in [0.29, 0.717) is 11.7 Å². The van der Waals surface area contributed by atoms with E-state index in [9.17, 15) is 0 Å². The van der Waals surface area contributed by atoms with Gasteiger partial charge >= 0.3 is 0 Å². The molecule has 98 valence electrons. The standard InChI is InChI=1S/C16H16INO/c1-11(2)16(3,12-4-6-13(17)7-5-12)15-9-8-14(10-18)19-15/h4-9,11H,1-3H3. The molecule has 1 unspecified atom stereocenters. The van der Waals surface area contributed by atoms with E-state index in [-0.39, 0.29) is 5.41 Å². The van der Waals surface area contributed by atoms with Crippen LogP contribution >= 0.6 is 22.6 Å². The van der Waals surface area contributed by atoms with Crippen molar-refractivity contribution in [3.05, 3.63) is 57.1 Å². The number of rotatable bonds is 3. The van der Waals surface area contributed by atoms with Crippen LogP contribution in [0, 0.1) is 20.8 Å². The Morgan fingerprint density at radius 1 is 1.16 bits per heavy atom. The number of hydrogen-bond donors (Lipinski definition) is 0. The van der Waals surface area contributed by atoms with Crippen LogP contribution in [-0.4, -0.2) is 0 Å². The Balaban J connectivity index is 2.54. The zero-order chi connectivity index (χ0) is 14.0. The molecule has 0 aliphatic carbocycles. The van der Waals surface area contributed by atoms with Crippen molar-refractivity contribution in [2.75, 3.05) is 0 Å². The topological polar surface area (TPSA) is 36.9 Å². The average Bonchev–Trinajstić information content (AvgIpc) is 2.87. The van der Waals surface area contributed by atoms with Gasteiger partial charge in [-0.1, -0.05) is 26.0 Å². The van der Waals surface area contributed by atoms with Gasteiger partial charge in [-0.3, -0.25) is 0 Å².